The minimum atomic E-state index is -3.43. The Bertz CT molecular complexity index is 481. The number of likely N-dealkylation sites (N-methyl/N-ethyl adjacent to an activating group) is 1. The molecule has 0 aliphatic rings. The van der Waals surface area contributed by atoms with E-state index in [1.807, 2.05) is 32.8 Å². The maximum absolute atomic E-state index is 12.0. The molecule has 6 heteroatoms. The van der Waals surface area contributed by atoms with Gasteiger partial charge in [0.25, 0.3) is 0 Å². The van der Waals surface area contributed by atoms with Crippen LogP contribution in [0.2, 0.25) is 0 Å². The molecule has 1 rings (SSSR count). The molecule has 0 unspecified atom stereocenters. The predicted octanol–water partition coefficient (Wildman–Crippen LogP) is 1.31. The van der Waals surface area contributed by atoms with Gasteiger partial charge >= 0.3 is 0 Å². The largest absolute Gasteiger partial charge is 0.491 e. The van der Waals surface area contributed by atoms with Gasteiger partial charge in [-0.1, -0.05) is 0 Å². The van der Waals surface area contributed by atoms with Crippen molar-refractivity contribution in [1.82, 2.24) is 9.62 Å². The summed E-state index contributed by atoms with van der Waals surface area (Å²) >= 11 is 0. The molecule has 0 heterocycles. The lowest BCUT2D eigenvalue weighted by molar-refractivity contribution is 0.242. The third-order valence-corrected chi connectivity index (χ3v) is 3.83. The summed E-state index contributed by atoms with van der Waals surface area (Å²) in [6.07, 6.45) is 0.0701. The van der Waals surface area contributed by atoms with Gasteiger partial charge in [0.15, 0.2) is 0 Å². The van der Waals surface area contributed by atoms with Gasteiger partial charge in [-0.15, -0.1) is 0 Å². The zero-order chi connectivity index (χ0) is 14.5. The average molecular weight is 286 g/mol. The Morgan fingerprint density at radius 3 is 2.26 bits per heavy atom. The van der Waals surface area contributed by atoms with Gasteiger partial charge < -0.3 is 9.64 Å². The molecule has 0 fully saturated rings. The first-order valence-electron chi connectivity index (χ1n) is 6.22. The van der Waals surface area contributed by atoms with Gasteiger partial charge in [0.1, 0.15) is 5.75 Å². The number of ether oxygens (including phenoxy) is 1. The van der Waals surface area contributed by atoms with E-state index in [2.05, 4.69) is 4.72 Å². The lowest BCUT2D eigenvalue weighted by Gasteiger charge is -2.12. The van der Waals surface area contributed by atoms with E-state index in [1.54, 1.807) is 24.3 Å². The number of nitrogens with zero attached hydrogens (tertiary/aromatic N) is 1. The van der Waals surface area contributed by atoms with Crippen LogP contribution in [-0.4, -0.2) is 46.6 Å². The van der Waals surface area contributed by atoms with Crippen LogP contribution in [0, 0.1) is 0 Å². The highest BCUT2D eigenvalue weighted by molar-refractivity contribution is 7.89. The van der Waals surface area contributed by atoms with Crippen molar-refractivity contribution in [2.75, 3.05) is 27.2 Å². The molecule has 19 heavy (non-hydrogen) atoms. The number of hydrogen-bond acceptors (Lipinski definition) is 4. The molecular weight excluding hydrogens is 264 g/mol. The Balaban J connectivity index is 2.68. The molecule has 5 nitrogen and oxygen atoms in total. The quantitative estimate of drug-likeness (QED) is 0.821. The van der Waals surface area contributed by atoms with Crippen LogP contribution in [0.1, 0.15) is 13.8 Å². The van der Waals surface area contributed by atoms with E-state index in [1.165, 1.54) is 0 Å². The van der Waals surface area contributed by atoms with Crippen LogP contribution in [0.25, 0.3) is 0 Å². The van der Waals surface area contributed by atoms with Gasteiger partial charge in [0.2, 0.25) is 10.0 Å². The summed E-state index contributed by atoms with van der Waals surface area (Å²) in [6.45, 7) is 4.90. The maximum Gasteiger partial charge on any atom is 0.240 e. The van der Waals surface area contributed by atoms with Crippen molar-refractivity contribution < 1.29 is 13.2 Å². The third kappa shape index (κ3) is 5.59. The zero-order valence-electron chi connectivity index (χ0n) is 11.9. The minimum absolute atomic E-state index is 0.0701. The molecule has 0 spiro atoms. The fourth-order valence-corrected chi connectivity index (χ4v) is 2.48. The lowest BCUT2D eigenvalue weighted by atomic mass is 10.3. The van der Waals surface area contributed by atoms with Crippen LogP contribution in [0.3, 0.4) is 0 Å². The topological polar surface area (TPSA) is 58.6 Å². The summed E-state index contributed by atoms with van der Waals surface area (Å²) in [5, 5.41) is 0. The number of hydrogen-bond donors (Lipinski definition) is 1. The van der Waals surface area contributed by atoms with Crippen LogP contribution >= 0.6 is 0 Å². The van der Waals surface area contributed by atoms with Crippen molar-refractivity contribution in [3.63, 3.8) is 0 Å². The van der Waals surface area contributed by atoms with Gasteiger partial charge in [-0.3, -0.25) is 0 Å². The monoisotopic (exact) mass is 286 g/mol. The van der Waals surface area contributed by atoms with Crippen molar-refractivity contribution in [3.8, 4) is 5.75 Å². The zero-order valence-corrected chi connectivity index (χ0v) is 12.7. The van der Waals surface area contributed by atoms with E-state index in [-0.39, 0.29) is 11.0 Å². The molecule has 1 aromatic rings. The fraction of sp³-hybridized carbons (Fsp3) is 0.538. The summed E-state index contributed by atoms with van der Waals surface area (Å²) < 4.78 is 32.0. The molecule has 0 radical (unpaired) electrons. The fourth-order valence-electron chi connectivity index (χ4n) is 1.46. The van der Waals surface area contributed by atoms with Gasteiger partial charge in [-0.25, -0.2) is 13.1 Å². The molecule has 0 aliphatic heterocycles. The molecule has 0 aliphatic carbocycles. The van der Waals surface area contributed by atoms with Crippen LogP contribution in [0.4, 0.5) is 0 Å². The Morgan fingerprint density at radius 2 is 1.79 bits per heavy atom. The van der Waals surface area contributed by atoms with Gasteiger partial charge in [-0.05, 0) is 52.2 Å². The van der Waals surface area contributed by atoms with Crippen molar-refractivity contribution >= 4 is 10.0 Å². The minimum Gasteiger partial charge on any atom is -0.491 e. The Hall–Kier alpha value is -1.11. The molecule has 0 atom stereocenters. The van der Waals surface area contributed by atoms with E-state index in [4.69, 9.17) is 4.74 Å². The van der Waals surface area contributed by atoms with Crippen LogP contribution in [-0.2, 0) is 10.0 Å². The molecule has 0 amide bonds. The molecular formula is C13H22N2O3S. The number of nitrogens with one attached hydrogen (secondary N) is 1. The normalized spacial score (nSPS) is 12.1. The molecule has 0 aromatic heterocycles. The van der Waals surface area contributed by atoms with Gasteiger partial charge in [0.05, 0.1) is 11.0 Å². The summed E-state index contributed by atoms with van der Waals surface area (Å²) in [6, 6.07) is 6.44. The van der Waals surface area contributed by atoms with E-state index in [0.717, 1.165) is 0 Å². The predicted molar refractivity (Wildman–Crippen MR) is 75.9 cm³/mol. The highest BCUT2D eigenvalue weighted by Crippen LogP contribution is 2.16. The highest BCUT2D eigenvalue weighted by atomic mass is 32.2. The average Bonchev–Trinajstić information content (AvgIpc) is 2.28. The van der Waals surface area contributed by atoms with E-state index >= 15 is 0 Å². The first-order chi connectivity index (χ1) is 8.81. The van der Waals surface area contributed by atoms with Crippen molar-refractivity contribution in [1.29, 1.82) is 0 Å². The second kappa shape index (κ2) is 6.88. The van der Waals surface area contributed by atoms with E-state index < -0.39 is 10.0 Å². The summed E-state index contributed by atoms with van der Waals surface area (Å²) in [4.78, 5) is 2.17. The molecule has 108 valence electrons. The summed E-state index contributed by atoms with van der Waals surface area (Å²) in [7, 11) is 0.357. The van der Waals surface area contributed by atoms with Crippen LogP contribution in [0.15, 0.2) is 29.2 Å². The molecule has 1 N–H and O–H groups in total. The first-order valence-corrected chi connectivity index (χ1v) is 7.70. The first kappa shape index (κ1) is 15.9. The lowest BCUT2D eigenvalue weighted by Crippen LogP contribution is -2.31. The second-order valence-corrected chi connectivity index (χ2v) is 6.61. The summed E-state index contributed by atoms with van der Waals surface area (Å²) in [5.74, 6) is 0.669. The number of sulfonamides is 1. The number of benzene rings is 1. The Labute approximate surface area is 115 Å². The van der Waals surface area contributed by atoms with Gasteiger partial charge in [-0.2, -0.15) is 0 Å². The smallest absolute Gasteiger partial charge is 0.240 e. The van der Waals surface area contributed by atoms with Crippen molar-refractivity contribution in [2.45, 2.75) is 24.8 Å². The number of rotatable bonds is 7. The Kier molecular flexibility index (Phi) is 5.78. The molecule has 0 bridgehead atoms. The third-order valence-electron chi connectivity index (χ3n) is 2.36. The Morgan fingerprint density at radius 1 is 1.21 bits per heavy atom. The maximum atomic E-state index is 12.0. The second-order valence-electron chi connectivity index (χ2n) is 4.84. The van der Waals surface area contributed by atoms with Gasteiger partial charge in [0, 0.05) is 13.1 Å². The van der Waals surface area contributed by atoms with Crippen molar-refractivity contribution in [3.05, 3.63) is 24.3 Å². The van der Waals surface area contributed by atoms with E-state index in [9.17, 15) is 8.42 Å². The SMILES string of the molecule is CC(C)Oc1ccc(S(=O)(=O)NCCN(C)C)cc1. The van der Waals surface area contributed by atoms with Crippen molar-refractivity contribution in [2.24, 2.45) is 0 Å². The standard InChI is InChI=1S/C13H22N2O3S/c1-11(2)18-12-5-7-13(8-6-12)19(16,17)14-9-10-15(3)4/h5-8,11,14H,9-10H2,1-4H3. The molecule has 0 saturated heterocycles. The summed E-state index contributed by atoms with van der Waals surface area (Å²) in [5.41, 5.74) is 0. The van der Waals surface area contributed by atoms with E-state index in [0.29, 0.717) is 18.8 Å². The highest BCUT2D eigenvalue weighted by Gasteiger charge is 2.13. The molecule has 1 aromatic carbocycles. The van der Waals surface area contributed by atoms with Crippen LogP contribution in [0.5, 0.6) is 5.75 Å². The van der Waals surface area contributed by atoms with Crippen LogP contribution < -0.4 is 9.46 Å². The molecule has 0 saturated carbocycles.